The van der Waals surface area contributed by atoms with Crippen molar-refractivity contribution in [3.05, 3.63) is 47.9 Å². The second kappa shape index (κ2) is 8.09. The van der Waals surface area contributed by atoms with Gasteiger partial charge >= 0.3 is 0 Å². The number of ether oxygens (including phenoxy) is 1. The summed E-state index contributed by atoms with van der Waals surface area (Å²) in [5, 5.41) is 6.55. The molecule has 0 aliphatic carbocycles. The van der Waals surface area contributed by atoms with Crippen molar-refractivity contribution in [1.82, 2.24) is 10.5 Å². The Balaban J connectivity index is 1.66. The highest BCUT2D eigenvalue weighted by Gasteiger charge is 2.03. The Hall–Kier alpha value is -2.30. The van der Waals surface area contributed by atoms with E-state index in [9.17, 15) is 4.79 Å². The molecule has 2 aromatic rings. The molecule has 0 saturated carbocycles. The summed E-state index contributed by atoms with van der Waals surface area (Å²) >= 11 is 0. The van der Waals surface area contributed by atoms with Crippen molar-refractivity contribution in [3.63, 3.8) is 0 Å². The molecule has 0 atom stereocenters. The maximum Gasteiger partial charge on any atom is 0.224 e. The molecule has 1 amide bonds. The average molecular weight is 288 g/mol. The molecule has 1 N–H and O–H groups in total. The van der Waals surface area contributed by atoms with Crippen molar-refractivity contribution in [3.8, 4) is 5.75 Å². The lowest BCUT2D eigenvalue weighted by atomic mass is 10.1. The summed E-state index contributed by atoms with van der Waals surface area (Å²) in [4.78, 5) is 11.8. The van der Waals surface area contributed by atoms with Gasteiger partial charge in [0.15, 0.2) is 0 Å². The van der Waals surface area contributed by atoms with Crippen LogP contribution in [0, 0.1) is 0 Å². The largest absolute Gasteiger partial charge is 0.494 e. The highest BCUT2D eigenvalue weighted by atomic mass is 16.5. The topological polar surface area (TPSA) is 64.4 Å². The number of amides is 1. The van der Waals surface area contributed by atoms with Crippen LogP contribution in [0.1, 0.15) is 24.5 Å². The molecule has 1 aromatic heterocycles. The molecule has 1 aromatic carbocycles. The van der Waals surface area contributed by atoms with E-state index in [1.165, 1.54) is 0 Å². The smallest absolute Gasteiger partial charge is 0.224 e. The van der Waals surface area contributed by atoms with Gasteiger partial charge in [-0.2, -0.15) is 0 Å². The molecule has 5 nitrogen and oxygen atoms in total. The number of hydrogen-bond acceptors (Lipinski definition) is 4. The maximum absolute atomic E-state index is 11.8. The Kier molecular flexibility index (Phi) is 5.82. The Morgan fingerprint density at radius 2 is 2.10 bits per heavy atom. The maximum atomic E-state index is 11.8. The zero-order valence-corrected chi connectivity index (χ0v) is 12.2. The normalized spacial score (nSPS) is 10.3. The number of carbonyl (C=O) groups excluding carboxylic acids is 1. The molecule has 0 radical (unpaired) electrons. The fourth-order valence-electron chi connectivity index (χ4n) is 1.99. The van der Waals surface area contributed by atoms with E-state index in [2.05, 4.69) is 10.5 Å². The zero-order valence-electron chi connectivity index (χ0n) is 12.2. The standard InChI is InChI=1S/C16H20N2O3/c1-2-20-15-7-5-13(6-8-15)10-16(19)17-9-3-4-14-11-18-21-12-14/h5-8,11-12H,2-4,9-10H2,1H3,(H,17,19). The number of nitrogens with zero attached hydrogens (tertiary/aromatic N) is 1. The van der Waals surface area contributed by atoms with Crippen LogP contribution in [0.3, 0.4) is 0 Å². The highest BCUT2D eigenvalue weighted by Crippen LogP contribution is 2.12. The lowest BCUT2D eigenvalue weighted by molar-refractivity contribution is -0.120. The molecule has 0 spiro atoms. The summed E-state index contributed by atoms with van der Waals surface area (Å²) in [6.07, 6.45) is 5.44. The molecule has 0 fully saturated rings. The van der Waals surface area contributed by atoms with E-state index in [-0.39, 0.29) is 5.91 Å². The Morgan fingerprint density at radius 1 is 1.29 bits per heavy atom. The van der Waals surface area contributed by atoms with Crippen LogP contribution in [0.15, 0.2) is 41.2 Å². The van der Waals surface area contributed by atoms with Crippen LogP contribution in [0.5, 0.6) is 5.75 Å². The summed E-state index contributed by atoms with van der Waals surface area (Å²) in [5.74, 6) is 0.861. The lowest BCUT2D eigenvalue weighted by Crippen LogP contribution is -2.26. The van der Waals surface area contributed by atoms with Gasteiger partial charge in [-0.05, 0) is 37.5 Å². The number of nitrogens with one attached hydrogen (secondary N) is 1. The summed E-state index contributed by atoms with van der Waals surface area (Å²) in [6.45, 7) is 3.24. The SMILES string of the molecule is CCOc1ccc(CC(=O)NCCCc2cnoc2)cc1. The quantitative estimate of drug-likeness (QED) is 0.757. The number of benzene rings is 1. The van der Waals surface area contributed by atoms with Gasteiger partial charge in [0.05, 0.1) is 19.2 Å². The second-order valence-corrected chi connectivity index (χ2v) is 4.74. The number of hydrogen-bond donors (Lipinski definition) is 1. The van der Waals surface area contributed by atoms with Crippen molar-refractivity contribution < 1.29 is 14.1 Å². The first-order valence-corrected chi connectivity index (χ1v) is 7.14. The number of carbonyl (C=O) groups is 1. The molecule has 2 rings (SSSR count). The Labute approximate surface area is 124 Å². The van der Waals surface area contributed by atoms with Crippen LogP contribution >= 0.6 is 0 Å². The van der Waals surface area contributed by atoms with Gasteiger partial charge in [0, 0.05) is 12.1 Å². The van der Waals surface area contributed by atoms with E-state index < -0.39 is 0 Å². The van der Waals surface area contributed by atoms with E-state index in [0.29, 0.717) is 19.6 Å². The second-order valence-electron chi connectivity index (χ2n) is 4.74. The summed E-state index contributed by atoms with van der Waals surface area (Å²) in [6, 6.07) is 7.61. The first-order valence-electron chi connectivity index (χ1n) is 7.14. The molecule has 112 valence electrons. The first kappa shape index (κ1) is 15.1. The van der Waals surface area contributed by atoms with Crippen molar-refractivity contribution in [1.29, 1.82) is 0 Å². The van der Waals surface area contributed by atoms with Gasteiger partial charge in [-0.15, -0.1) is 0 Å². The van der Waals surface area contributed by atoms with Gasteiger partial charge in [-0.3, -0.25) is 4.79 Å². The monoisotopic (exact) mass is 288 g/mol. The predicted molar refractivity (Wildman–Crippen MR) is 79.1 cm³/mol. The van der Waals surface area contributed by atoms with Crippen LogP contribution in [0.2, 0.25) is 0 Å². The molecule has 0 aliphatic rings. The summed E-state index contributed by atoms with van der Waals surface area (Å²) < 4.78 is 10.1. The lowest BCUT2D eigenvalue weighted by Gasteiger charge is -2.06. The third-order valence-corrected chi connectivity index (χ3v) is 3.05. The van der Waals surface area contributed by atoms with E-state index >= 15 is 0 Å². The minimum Gasteiger partial charge on any atom is -0.494 e. The van der Waals surface area contributed by atoms with Crippen LogP contribution in [-0.2, 0) is 17.6 Å². The summed E-state index contributed by atoms with van der Waals surface area (Å²) in [5.41, 5.74) is 2.03. The molecular weight excluding hydrogens is 268 g/mol. The number of aromatic nitrogens is 1. The zero-order chi connectivity index (χ0) is 14.9. The minimum absolute atomic E-state index is 0.0319. The van der Waals surface area contributed by atoms with Crippen LogP contribution in [0.4, 0.5) is 0 Å². The van der Waals surface area contributed by atoms with Gasteiger partial charge in [0.1, 0.15) is 12.0 Å². The van der Waals surface area contributed by atoms with Crippen LogP contribution in [-0.4, -0.2) is 24.2 Å². The van der Waals surface area contributed by atoms with Crippen LogP contribution in [0.25, 0.3) is 0 Å². The van der Waals surface area contributed by atoms with Crippen molar-refractivity contribution in [2.45, 2.75) is 26.2 Å². The third kappa shape index (κ3) is 5.30. The molecule has 0 saturated heterocycles. The van der Waals surface area contributed by atoms with Crippen molar-refractivity contribution in [2.24, 2.45) is 0 Å². The van der Waals surface area contributed by atoms with Crippen molar-refractivity contribution in [2.75, 3.05) is 13.2 Å². The van der Waals surface area contributed by atoms with Gasteiger partial charge in [0.25, 0.3) is 0 Å². The predicted octanol–water partition coefficient (Wildman–Crippen LogP) is 2.36. The van der Waals surface area contributed by atoms with Gasteiger partial charge in [-0.25, -0.2) is 0 Å². The van der Waals surface area contributed by atoms with E-state index in [0.717, 1.165) is 29.7 Å². The van der Waals surface area contributed by atoms with E-state index in [1.54, 1.807) is 12.5 Å². The number of rotatable bonds is 8. The van der Waals surface area contributed by atoms with Gasteiger partial charge in [-0.1, -0.05) is 17.3 Å². The molecular formula is C16H20N2O3. The third-order valence-electron chi connectivity index (χ3n) is 3.05. The first-order chi connectivity index (χ1) is 10.3. The minimum atomic E-state index is 0.0319. The van der Waals surface area contributed by atoms with Gasteiger partial charge < -0.3 is 14.6 Å². The number of aryl methyl sites for hydroxylation is 1. The fourth-order valence-corrected chi connectivity index (χ4v) is 1.99. The fraction of sp³-hybridized carbons (Fsp3) is 0.375. The van der Waals surface area contributed by atoms with Crippen molar-refractivity contribution >= 4 is 5.91 Å². The van der Waals surface area contributed by atoms with E-state index in [1.807, 2.05) is 31.2 Å². The molecule has 5 heteroatoms. The highest BCUT2D eigenvalue weighted by molar-refractivity contribution is 5.78. The molecule has 0 unspecified atom stereocenters. The molecule has 0 bridgehead atoms. The Bertz CT molecular complexity index is 535. The molecule has 0 aliphatic heterocycles. The van der Waals surface area contributed by atoms with Gasteiger partial charge in [0.2, 0.25) is 5.91 Å². The summed E-state index contributed by atoms with van der Waals surface area (Å²) in [7, 11) is 0. The molecule has 21 heavy (non-hydrogen) atoms. The molecule has 1 heterocycles. The van der Waals surface area contributed by atoms with E-state index in [4.69, 9.17) is 9.26 Å². The van der Waals surface area contributed by atoms with Crippen LogP contribution < -0.4 is 10.1 Å². The average Bonchev–Trinajstić information content (AvgIpc) is 2.99. The Morgan fingerprint density at radius 3 is 2.76 bits per heavy atom.